The Morgan fingerprint density at radius 3 is 3.00 bits per heavy atom. The highest BCUT2D eigenvalue weighted by Gasteiger charge is 2.46. The maximum Gasteiger partial charge on any atom is 0.499 e. The number of hydrogen-bond donors (Lipinski definition) is 1. The molecule has 0 amide bonds. The van der Waals surface area contributed by atoms with Crippen molar-refractivity contribution in [1.29, 1.82) is 0 Å². The molecule has 0 aromatic heterocycles. The molecule has 96 valence electrons. The average molecular weight is 269 g/mol. The molecule has 3 rings (SSSR count). The highest BCUT2D eigenvalue weighted by molar-refractivity contribution is 6.65. The lowest BCUT2D eigenvalue weighted by molar-refractivity contribution is -0.383. The van der Waals surface area contributed by atoms with E-state index in [4.69, 9.17) is 25.6 Å². The Morgan fingerprint density at radius 2 is 2.28 bits per heavy atom. The van der Waals surface area contributed by atoms with Crippen molar-refractivity contribution in [2.45, 2.75) is 25.6 Å². The first-order valence-corrected chi connectivity index (χ1v) is 6.47. The monoisotopic (exact) mass is 268 g/mol. The van der Waals surface area contributed by atoms with Gasteiger partial charge >= 0.3 is 7.12 Å². The van der Waals surface area contributed by atoms with Gasteiger partial charge < -0.3 is 19.8 Å². The number of rotatable bonds is 1. The molecule has 6 heteroatoms. The van der Waals surface area contributed by atoms with Crippen molar-refractivity contribution in [3.8, 4) is 5.75 Å². The molecule has 0 fully saturated rings. The minimum Gasteiger partial charge on any atom is -0.491 e. The summed E-state index contributed by atoms with van der Waals surface area (Å²) in [6.45, 7) is 5.09. The Labute approximate surface area is 111 Å². The van der Waals surface area contributed by atoms with Gasteiger partial charge in [0.1, 0.15) is 25.0 Å². The lowest BCUT2D eigenvalue weighted by Gasteiger charge is -2.24. The molecule has 0 saturated carbocycles. The molecule has 2 heterocycles. The summed E-state index contributed by atoms with van der Waals surface area (Å²) in [5.41, 5.74) is 5.42. The quantitative estimate of drug-likeness (QED) is 0.756. The zero-order valence-corrected chi connectivity index (χ0v) is 11.3. The second-order valence-corrected chi connectivity index (χ2v) is 5.69. The van der Waals surface area contributed by atoms with Crippen LogP contribution in [0.3, 0.4) is 0 Å². The second kappa shape index (κ2) is 4.13. The van der Waals surface area contributed by atoms with Crippen molar-refractivity contribution in [3.63, 3.8) is 0 Å². The predicted molar refractivity (Wildman–Crippen MR) is 69.1 cm³/mol. The average Bonchev–Trinajstić information content (AvgIpc) is 2.61. The van der Waals surface area contributed by atoms with Gasteiger partial charge in [0.05, 0.1) is 5.60 Å². The van der Waals surface area contributed by atoms with E-state index in [0.717, 1.165) is 16.8 Å². The Hall–Kier alpha value is -0.745. The fourth-order valence-corrected chi connectivity index (χ4v) is 2.73. The lowest BCUT2D eigenvalue weighted by atomic mass is 9.77. The van der Waals surface area contributed by atoms with Crippen LogP contribution in [-0.2, 0) is 9.31 Å². The van der Waals surface area contributed by atoms with Gasteiger partial charge in [0.15, 0.2) is 0 Å². The van der Waals surface area contributed by atoms with E-state index in [1.807, 2.05) is 26.0 Å². The van der Waals surface area contributed by atoms with Crippen LogP contribution in [0.1, 0.15) is 25.5 Å². The van der Waals surface area contributed by atoms with E-state index in [9.17, 15) is 0 Å². The molecule has 18 heavy (non-hydrogen) atoms. The Bertz CT molecular complexity index is 494. The van der Waals surface area contributed by atoms with E-state index in [0.29, 0.717) is 18.2 Å². The van der Waals surface area contributed by atoms with Crippen LogP contribution in [0.5, 0.6) is 5.75 Å². The molecule has 0 aliphatic carbocycles. The Morgan fingerprint density at radius 1 is 1.50 bits per heavy atom. The smallest absolute Gasteiger partial charge is 0.491 e. The lowest BCUT2D eigenvalue weighted by Crippen LogP contribution is -2.53. The van der Waals surface area contributed by atoms with Gasteiger partial charge in [-0.3, -0.25) is 0 Å². The summed E-state index contributed by atoms with van der Waals surface area (Å²) in [5, 5.41) is 0.691. The number of hydrogen-bond acceptors (Lipinski definition) is 3. The maximum atomic E-state index is 6.27. The number of benzene rings is 1. The van der Waals surface area contributed by atoms with E-state index < -0.39 is 7.12 Å². The van der Waals surface area contributed by atoms with Crippen molar-refractivity contribution < 1.29 is 19.8 Å². The van der Waals surface area contributed by atoms with Crippen molar-refractivity contribution in [2.75, 3.05) is 13.2 Å². The molecular weight excluding hydrogens is 252 g/mol. The molecule has 3 N–H and O–H groups in total. The number of ether oxygens (including phenoxy) is 1. The molecule has 0 spiro atoms. The normalized spacial score (nSPS) is 24.4. The summed E-state index contributed by atoms with van der Waals surface area (Å²) < 4.78 is 17.7. The molecule has 0 bridgehead atoms. The van der Waals surface area contributed by atoms with Crippen LogP contribution in [-0.4, -0.2) is 25.9 Å². The molecule has 2 aliphatic rings. The van der Waals surface area contributed by atoms with Gasteiger partial charge in [0, 0.05) is 16.0 Å². The summed E-state index contributed by atoms with van der Waals surface area (Å²) in [4.78, 5) is 0. The SMILES string of the molecule is CC1(C)COc2ccc(Cl)c3c2B(OC3C[NH3+])O1. The van der Waals surface area contributed by atoms with Gasteiger partial charge in [0.2, 0.25) is 0 Å². The standard InChI is InChI=1S/C12H15BClNO3/c1-12(2)6-16-8-4-3-7(14)10-9(5-15)17-13(18-12)11(8)10/h3-4,9H,5-6,15H2,1-2H3/p+1. The van der Waals surface area contributed by atoms with Crippen LogP contribution < -0.4 is 15.9 Å². The summed E-state index contributed by atoms with van der Waals surface area (Å²) in [5.74, 6) is 0.806. The summed E-state index contributed by atoms with van der Waals surface area (Å²) in [7, 11) is -0.405. The van der Waals surface area contributed by atoms with Crippen LogP contribution >= 0.6 is 11.6 Å². The van der Waals surface area contributed by atoms with Crippen LogP contribution in [0.15, 0.2) is 12.1 Å². The third-order valence-corrected chi connectivity index (χ3v) is 3.63. The minimum atomic E-state index is -0.405. The molecule has 0 radical (unpaired) electrons. The largest absolute Gasteiger partial charge is 0.499 e. The van der Waals surface area contributed by atoms with Crippen LogP contribution in [0, 0.1) is 0 Å². The maximum absolute atomic E-state index is 6.27. The van der Waals surface area contributed by atoms with Gasteiger partial charge in [-0.05, 0) is 26.0 Å². The van der Waals surface area contributed by atoms with E-state index in [-0.39, 0.29) is 11.7 Å². The van der Waals surface area contributed by atoms with Gasteiger partial charge in [-0.25, -0.2) is 0 Å². The zero-order chi connectivity index (χ0) is 12.9. The first-order chi connectivity index (χ1) is 8.52. The van der Waals surface area contributed by atoms with Crippen LogP contribution in [0.4, 0.5) is 0 Å². The predicted octanol–water partition coefficient (Wildman–Crippen LogP) is 0.536. The third kappa shape index (κ3) is 1.82. The number of quaternary nitrogens is 1. The van der Waals surface area contributed by atoms with E-state index in [1.54, 1.807) is 0 Å². The van der Waals surface area contributed by atoms with E-state index in [2.05, 4.69) is 5.73 Å². The van der Waals surface area contributed by atoms with Gasteiger partial charge in [-0.2, -0.15) is 0 Å². The van der Waals surface area contributed by atoms with E-state index in [1.165, 1.54) is 0 Å². The Balaban J connectivity index is 2.13. The van der Waals surface area contributed by atoms with Crippen molar-refractivity contribution in [3.05, 3.63) is 22.7 Å². The highest BCUT2D eigenvalue weighted by Crippen LogP contribution is 2.36. The number of halogens is 1. The molecule has 2 aliphatic heterocycles. The Kier molecular flexibility index (Phi) is 2.82. The van der Waals surface area contributed by atoms with Crippen molar-refractivity contribution in [1.82, 2.24) is 0 Å². The van der Waals surface area contributed by atoms with Crippen molar-refractivity contribution in [2.24, 2.45) is 0 Å². The second-order valence-electron chi connectivity index (χ2n) is 5.28. The summed E-state index contributed by atoms with van der Waals surface area (Å²) in [6, 6.07) is 3.73. The zero-order valence-electron chi connectivity index (χ0n) is 10.5. The molecular formula is C12H16BClNO3+. The molecule has 0 saturated heterocycles. The van der Waals surface area contributed by atoms with Crippen LogP contribution in [0.25, 0.3) is 0 Å². The van der Waals surface area contributed by atoms with Gasteiger partial charge in [0.25, 0.3) is 0 Å². The third-order valence-electron chi connectivity index (χ3n) is 3.30. The molecule has 1 aromatic rings. The molecule has 1 unspecified atom stereocenters. The first-order valence-electron chi connectivity index (χ1n) is 6.09. The fourth-order valence-electron chi connectivity index (χ4n) is 2.45. The fraction of sp³-hybridized carbons (Fsp3) is 0.500. The van der Waals surface area contributed by atoms with Gasteiger partial charge in [-0.15, -0.1) is 0 Å². The minimum absolute atomic E-state index is 0.116. The van der Waals surface area contributed by atoms with Crippen molar-refractivity contribution >= 4 is 24.2 Å². The molecule has 1 aromatic carbocycles. The highest BCUT2D eigenvalue weighted by atomic mass is 35.5. The topological polar surface area (TPSA) is 55.3 Å². The van der Waals surface area contributed by atoms with Gasteiger partial charge in [-0.1, -0.05) is 11.6 Å². The molecule has 4 nitrogen and oxygen atoms in total. The van der Waals surface area contributed by atoms with Crippen LogP contribution in [0.2, 0.25) is 5.02 Å². The first kappa shape index (κ1) is 12.3. The van der Waals surface area contributed by atoms with E-state index >= 15 is 0 Å². The molecule has 1 atom stereocenters. The summed E-state index contributed by atoms with van der Waals surface area (Å²) >= 11 is 6.27. The summed E-state index contributed by atoms with van der Waals surface area (Å²) in [6.07, 6.45) is -0.116.